The van der Waals surface area contributed by atoms with Crippen molar-refractivity contribution in [2.45, 2.75) is 25.8 Å². The van der Waals surface area contributed by atoms with Crippen molar-refractivity contribution in [2.75, 3.05) is 13.7 Å². The average Bonchev–Trinajstić information content (AvgIpc) is 2.98. The van der Waals surface area contributed by atoms with Gasteiger partial charge in [0.15, 0.2) is 0 Å². The number of nitrogens with zero attached hydrogens (tertiary/aromatic N) is 1. The van der Waals surface area contributed by atoms with E-state index < -0.39 is 23.7 Å². The van der Waals surface area contributed by atoms with Crippen molar-refractivity contribution in [3.05, 3.63) is 70.8 Å². The molecule has 2 N–H and O–H groups in total. The molecule has 0 saturated carbocycles. The van der Waals surface area contributed by atoms with Crippen LogP contribution in [0.1, 0.15) is 35.6 Å². The first-order chi connectivity index (χ1) is 14.3. The van der Waals surface area contributed by atoms with Gasteiger partial charge in [-0.1, -0.05) is 42.0 Å². The smallest absolute Gasteiger partial charge is 0.303 e. The third-order valence-corrected chi connectivity index (χ3v) is 5.06. The van der Waals surface area contributed by atoms with Crippen LogP contribution in [0.15, 0.2) is 54.1 Å². The van der Waals surface area contributed by atoms with Gasteiger partial charge in [0, 0.05) is 18.5 Å². The molecule has 1 atom stereocenters. The van der Waals surface area contributed by atoms with Crippen LogP contribution in [0.3, 0.4) is 0 Å². The van der Waals surface area contributed by atoms with E-state index in [1.165, 1.54) is 12.0 Å². The molecule has 0 spiro atoms. The Morgan fingerprint density at radius 3 is 2.43 bits per heavy atom. The molecule has 3 rings (SSSR count). The maximum absolute atomic E-state index is 12.9. The van der Waals surface area contributed by atoms with E-state index in [4.69, 9.17) is 9.84 Å². The van der Waals surface area contributed by atoms with Crippen molar-refractivity contribution < 1.29 is 29.3 Å². The summed E-state index contributed by atoms with van der Waals surface area (Å²) in [5, 5.41) is 19.9. The highest BCUT2D eigenvalue weighted by atomic mass is 16.5. The second-order valence-electron chi connectivity index (χ2n) is 7.13. The Balaban J connectivity index is 2.11. The number of likely N-dealkylation sites (tertiary alicyclic amines) is 1. The zero-order chi connectivity index (χ0) is 21.8. The Morgan fingerprint density at radius 2 is 1.80 bits per heavy atom. The SMILES string of the molecule is COc1cccc(C2/C(=C(\O)c3ccc(C)cc3)C(=O)C(=O)N2CCCC(=O)O)c1. The maximum atomic E-state index is 12.9. The van der Waals surface area contributed by atoms with Gasteiger partial charge in [-0.2, -0.15) is 0 Å². The number of hydrogen-bond acceptors (Lipinski definition) is 5. The zero-order valence-electron chi connectivity index (χ0n) is 16.8. The molecule has 30 heavy (non-hydrogen) atoms. The highest BCUT2D eigenvalue weighted by molar-refractivity contribution is 6.46. The summed E-state index contributed by atoms with van der Waals surface area (Å²) in [6.45, 7) is 1.98. The number of aliphatic carboxylic acids is 1. The van der Waals surface area contributed by atoms with Crippen molar-refractivity contribution in [1.82, 2.24) is 4.90 Å². The number of ether oxygens (including phenoxy) is 1. The third kappa shape index (κ3) is 4.20. The molecule has 0 aliphatic carbocycles. The van der Waals surface area contributed by atoms with Crippen molar-refractivity contribution >= 4 is 23.4 Å². The number of aryl methyl sites for hydroxylation is 1. The van der Waals surface area contributed by atoms with E-state index in [0.717, 1.165) is 5.56 Å². The Morgan fingerprint density at radius 1 is 1.10 bits per heavy atom. The summed E-state index contributed by atoms with van der Waals surface area (Å²) < 4.78 is 5.26. The van der Waals surface area contributed by atoms with Gasteiger partial charge in [0.05, 0.1) is 18.7 Å². The fraction of sp³-hybridized carbons (Fsp3) is 0.261. The van der Waals surface area contributed by atoms with Gasteiger partial charge < -0.3 is 19.8 Å². The summed E-state index contributed by atoms with van der Waals surface area (Å²) >= 11 is 0. The number of hydrogen-bond donors (Lipinski definition) is 2. The minimum Gasteiger partial charge on any atom is -0.507 e. The van der Waals surface area contributed by atoms with Gasteiger partial charge in [-0.25, -0.2) is 0 Å². The Bertz CT molecular complexity index is 1010. The molecule has 1 saturated heterocycles. The van der Waals surface area contributed by atoms with E-state index in [2.05, 4.69) is 0 Å². The standard InChI is InChI=1S/C23H23NO6/c1-14-8-10-15(11-9-14)21(27)19-20(16-5-3-6-17(13-16)30-2)24(23(29)22(19)28)12-4-7-18(25)26/h3,5-6,8-11,13,20,27H,4,7,12H2,1-2H3,(H,25,26)/b21-19+. The predicted octanol–water partition coefficient (Wildman–Crippen LogP) is 3.29. The number of carbonyl (C=O) groups excluding carboxylic acids is 2. The number of carboxylic acid groups (broad SMARTS) is 1. The summed E-state index contributed by atoms with van der Waals surface area (Å²) in [5.41, 5.74) is 1.99. The molecule has 1 aliphatic heterocycles. The predicted molar refractivity (Wildman–Crippen MR) is 110 cm³/mol. The summed E-state index contributed by atoms with van der Waals surface area (Å²) in [5.74, 6) is -2.26. The van der Waals surface area contributed by atoms with Crippen LogP contribution in [0.4, 0.5) is 0 Å². The largest absolute Gasteiger partial charge is 0.507 e. The van der Waals surface area contributed by atoms with Crippen LogP contribution in [0.5, 0.6) is 5.75 Å². The van der Waals surface area contributed by atoms with Crippen molar-refractivity contribution in [1.29, 1.82) is 0 Å². The van der Waals surface area contributed by atoms with Crippen LogP contribution in [-0.4, -0.2) is 46.4 Å². The maximum Gasteiger partial charge on any atom is 0.303 e. The number of ketones is 1. The Labute approximate surface area is 174 Å². The van der Waals surface area contributed by atoms with Crippen LogP contribution in [-0.2, 0) is 14.4 Å². The molecule has 7 nitrogen and oxygen atoms in total. The van der Waals surface area contributed by atoms with Gasteiger partial charge in [0.2, 0.25) is 0 Å². The average molecular weight is 409 g/mol. The molecule has 2 aromatic carbocycles. The lowest BCUT2D eigenvalue weighted by atomic mass is 9.95. The number of rotatable bonds is 7. The van der Waals surface area contributed by atoms with Crippen LogP contribution in [0.25, 0.3) is 5.76 Å². The van der Waals surface area contributed by atoms with E-state index in [1.54, 1.807) is 48.5 Å². The van der Waals surface area contributed by atoms with Gasteiger partial charge in [-0.15, -0.1) is 0 Å². The second kappa shape index (κ2) is 8.82. The third-order valence-electron chi connectivity index (χ3n) is 5.06. The number of Topliss-reactive ketones (excluding diaryl/α,β-unsaturated/α-hetero) is 1. The molecule has 1 unspecified atom stereocenters. The molecule has 2 aromatic rings. The molecule has 0 bridgehead atoms. The van der Waals surface area contributed by atoms with Gasteiger partial charge in [0.25, 0.3) is 11.7 Å². The van der Waals surface area contributed by atoms with Gasteiger partial charge >= 0.3 is 5.97 Å². The molecule has 1 heterocycles. The lowest BCUT2D eigenvalue weighted by Crippen LogP contribution is -2.31. The fourth-order valence-electron chi connectivity index (χ4n) is 3.54. The van der Waals surface area contributed by atoms with Crippen LogP contribution < -0.4 is 4.74 Å². The van der Waals surface area contributed by atoms with Gasteiger partial charge in [0.1, 0.15) is 11.5 Å². The second-order valence-corrected chi connectivity index (χ2v) is 7.13. The number of carbonyl (C=O) groups is 3. The number of aliphatic hydroxyl groups is 1. The first kappa shape index (κ1) is 21.1. The molecule has 0 radical (unpaired) electrons. The highest BCUT2D eigenvalue weighted by Gasteiger charge is 2.45. The van der Waals surface area contributed by atoms with E-state index in [0.29, 0.717) is 16.9 Å². The van der Waals surface area contributed by atoms with E-state index in [-0.39, 0.29) is 30.7 Å². The zero-order valence-corrected chi connectivity index (χ0v) is 16.8. The number of amides is 1. The minimum atomic E-state index is -0.982. The van der Waals surface area contributed by atoms with Crippen LogP contribution in [0, 0.1) is 6.92 Å². The molecule has 0 aromatic heterocycles. The molecule has 1 aliphatic rings. The quantitative estimate of drug-likeness (QED) is 0.413. The number of carboxylic acids is 1. The Kier molecular flexibility index (Phi) is 6.20. The number of aliphatic hydroxyl groups excluding tert-OH is 1. The first-order valence-electron chi connectivity index (χ1n) is 9.54. The molecular weight excluding hydrogens is 386 g/mol. The van der Waals surface area contributed by atoms with Crippen LogP contribution >= 0.6 is 0 Å². The fourth-order valence-corrected chi connectivity index (χ4v) is 3.54. The summed E-state index contributed by atoms with van der Waals surface area (Å²) in [6, 6.07) is 13.1. The molecular formula is C23H23NO6. The molecule has 1 amide bonds. The Hall–Kier alpha value is -3.61. The van der Waals surface area contributed by atoms with Crippen molar-refractivity contribution in [3.63, 3.8) is 0 Å². The molecule has 156 valence electrons. The lowest BCUT2D eigenvalue weighted by molar-refractivity contribution is -0.140. The van der Waals surface area contributed by atoms with Gasteiger partial charge in [-0.3, -0.25) is 14.4 Å². The topological polar surface area (TPSA) is 104 Å². The van der Waals surface area contributed by atoms with Gasteiger partial charge in [-0.05, 0) is 31.0 Å². The van der Waals surface area contributed by atoms with E-state index in [1.807, 2.05) is 6.92 Å². The first-order valence-corrected chi connectivity index (χ1v) is 9.54. The highest BCUT2D eigenvalue weighted by Crippen LogP contribution is 2.40. The summed E-state index contributed by atoms with van der Waals surface area (Å²) in [4.78, 5) is 37.9. The monoisotopic (exact) mass is 409 g/mol. The molecule has 7 heteroatoms. The normalized spacial score (nSPS) is 17.9. The number of benzene rings is 2. The van der Waals surface area contributed by atoms with E-state index >= 15 is 0 Å². The van der Waals surface area contributed by atoms with Crippen molar-refractivity contribution in [3.8, 4) is 5.75 Å². The lowest BCUT2D eigenvalue weighted by Gasteiger charge is -2.25. The van der Waals surface area contributed by atoms with Crippen LogP contribution in [0.2, 0.25) is 0 Å². The molecule has 1 fully saturated rings. The van der Waals surface area contributed by atoms with Crippen molar-refractivity contribution in [2.24, 2.45) is 0 Å². The minimum absolute atomic E-state index is 0.0209. The summed E-state index contributed by atoms with van der Waals surface area (Å²) in [7, 11) is 1.51. The van der Waals surface area contributed by atoms with E-state index in [9.17, 15) is 19.5 Å². The summed E-state index contributed by atoms with van der Waals surface area (Å²) in [6.07, 6.45) is 0.0548. The number of methoxy groups -OCH3 is 1.